The molecule has 1 fully saturated rings. The predicted molar refractivity (Wildman–Crippen MR) is 66.0 cm³/mol. The summed E-state index contributed by atoms with van der Waals surface area (Å²) in [5, 5.41) is 4.45. The van der Waals surface area contributed by atoms with Gasteiger partial charge in [-0.25, -0.2) is 0 Å². The molecule has 2 N–H and O–H groups in total. The van der Waals surface area contributed by atoms with E-state index < -0.39 is 0 Å². The number of aryl methyl sites for hydroxylation is 1. The molecule has 1 heterocycles. The smallest absolute Gasteiger partial charge is 0.0642 e. The summed E-state index contributed by atoms with van der Waals surface area (Å²) in [5.74, 6) is 1.36. The fraction of sp³-hybridized carbons (Fsp3) is 0.769. The van der Waals surface area contributed by atoms with Crippen molar-refractivity contribution in [3.05, 3.63) is 18.0 Å². The Morgan fingerprint density at radius 1 is 1.50 bits per heavy atom. The van der Waals surface area contributed by atoms with E-state index >= 15 is 0 Å². The standard InChI is InChI=1S/C13H23N3/c1-10-4-5-11(2)13(14,8-10)9-12-6-7-16(3)15-12/h6-7,10-11H,4-5,8-9,14H2,1-3H3. The molecule has 3 unspecified atom stereocenters. The lowest BCUT2D eigenvalue weighted by atomic mass is 9.68. The highest BCUT2D eigenvalue weighted by molar-refractivity contribution is 5.08. The Hall–Kier alpha value is -0.830. The number of aromatic nitrogens is 2. The molecule has 1 aliphatic carbocycles. The molecule has 0 bridgehead atoms. The van der Waals surface area contributed by atoms with Gasteiger partial charge in [-0.05, 0) is 30.7 Å². The van der Waals surface area contributed by atoms with Gasteiger partial charge in [0, 0.05) is 25.2 Å². The minimum absolute atomic E-state index is 0.0496. The third-order valence-electron chi connectivity index (χ3n) is 4.08. The molecular weight excluding hydrogens is 198 g/mol. The first-order valence-electron chi connectivity index (χ1n) is 6.27. The molecular formula is C13H23N3. The SMILES string of the molecule is CC1CCC(C)C(N)(Cc2ccn(C)n2)C1. The summed E-state index contributed by atoms with van der Waals surface area (Å²) in [6.45, 7) is 4.60. The second-order valence-corrected chi connectivity index (χ2v) is 5.68. The van der Waals surface area contributed by atoms with Crippen molar-refractivity contribution in [1.29, 1.82) is 0 Å². The van der Waals surface area contributed by atoms with Crippen LogP contribution in [0.1, 0.15) is 38.8 Å². The maximum atomic E-state index is 6.59. The number of rotatable bonds is 2. The molecule has 1 aromatic heterocycles. The van der Waals surface area contributed by atoms with Gasteiger partial charge in [0.05, 0.1) is 5.69 Å². The van der Waals surface area contributed by atoms with Gasteiger partial charge in [0.1, 0.15) is 0 Å². The van der Waals surface area contributed by atoms with Crippen molar-refractivity contribution in [2.75, 3.05) is 0 Å². The first-order chi connectivity index (χ1) is 7.49. The van der Waals surface area contributed by atoms with Gasteiger partial charge < -0.3 is 5.73 Å². The Labute approximate surface area is 98.0 Å². The Bertz CT molecular complexity index is 358. The maximum absolute atomic E-state index is 6.59. The number of hydrogen-bond donors (Lipinski definition) is 1. The van der Waals surface area contributed by atoms with Crippen LogP contribution in [0.4, 0.5) is 0 Å². The molecule has 0 saturated heterocycles. The van der Waals surface area contributed by atoms with Crippen LogP contribution in [0, 0.1) is 11.8 Å². The lowest BCUT2D eigenvalue weighted by molar-refractivity contribution is 0.160. The second-order valence-electron chi connectivity index (χ2n) is 5.68. The van der Waals surface area contributed by atoms with E-state index in [9.17, 15) is 0 Å². The minimum atomic E-state index is -0.0496. The van der Waals surface area contributed by atoms with Crippen LogP contribution in [-0.2, 0) is 13.5 Å². The van der Waals surface area contributed by atoms with Gasteiger partial charge >= 0.3 is 0 Å². The van der Waals surface area contributed by atoms with Crippen LogP contribution in [-0.4, -0.2) is 15.3 Å². The number of nitrogens with two attached hydrogens (primary N) is 1. The third kappa shape index (κ3) is 2.29. The number of nitrogens with zero attached hydrogens (tertiary/aromatic N) is 2. The van der Waals surface area contributed by atoms with E-state index in [-0.39, 0.29) is 5.54 Å². The lowest BCUT2D eigenvalue weighted by Gasteiger charge is -2.42. The van der Waals surface area contributed by atoms with Crippen molar-refractivity contribution in [3.63, 3.8) is 0 Å². The van der Waals surface area contributed by atoms with Crippen molar-refractivity contribution < 1.29 is 0 Å². The van der Waals surface area contributed by atoms with Crippen LogP contribution >= 0.6 is 0 Å². The molecule has 0 aromatic carbocycles. The fourth-order valence-corrected chi connectivity index (χ4v) is 2.92. The molecule has 0 aliphatic heterocycles. The van der Waals surface area contributed by atoms with Crippen molar-refractivity contribution in [2.24, 2.45) is 24.6 Å². The van der Waals surface area contributed by atoms with Gasteiger partial charge in [-0.15, -0.1) is 0 Å². The van der Waals surface area contributed by atoms with Gasteiger partial charge in [-0.2, -0.15) is 5.10 Å². The van der Waals surface area contributed by atoms with Crippen LogP contribution in [0.5, 0.6) is 0 Å². The summed E-state index contributed by atoms with van der Waals surface area (Å²) in [6, 6.07) is 2.08. The lowest BCUT2D eigenvalue weighted by Crippen LogP contribution is -2.51. The Morgan fingerprint density at radius 3 is 2.88 bits per heavy atom. The Balaban J connectivity index is 2.11. The molecule has 0 amide bonds. The molecule has 3 heteroatoms. The highest BCUT2D eigenvalue weighted by Gasteiger charge is 2.37. The Kier molecular flexibility index (Phi) is 3.06. The van der Waals surface area contributed by atoms with E-state index in [1.54, 1.807) is 0 Å². The van der Waals surface area contributed by atoms with E-state index in [0.29, 0.717) is 5.92 Å². The summed E-state index contributed by atoms with van der Waals surface area (Å²) >= 11 is 0. The Morgan fingerprint density at radius 2 is 2.25 bits per heavy atom. The van der Waals surface area contributed by atoms with E-state index in [2.05, 4.69) is 25.0 Å². The van der Waals surface area contributed by atoms with Crippen molar-refractivity contribution in [3.8, 4) is 0 Å². The van der Waals surface area contributed by atoms with E-state index in [1.807, 2.05) is 17.9 Å². The van der Waals surface area contributed by atoms with Gasteiger partial charge in [0.15, 0.2) is 0 Å². The molecule has 16 heavy (non-hydrogen) atoms. The van der Waals surface area contributed by atoms with E-state index in [1.165, 1.54) is 12.8 Å². The summed E-state index contributed by atoms with van der Waals surface area (Å²) in [5.41, 5.74) is 7.67. The normalized spacial score (nSPS) is 35.2. The maximum Gasteiger partial charge on any atom is 0.0642 e. The molecule has 3 atom stereocenters. The topological polar surface area (TPSA) is 43.8 Å². The van der Waals surface area contributed by atoms with Crippen molar-refractivity contribution in [1.82, 2.24) is 9.78 Å². The van der Waals surface area contributed by atoms with Gasteiger partial charge in [0.2, 0.25) is 0 Å². The number of hydrogen-bond acceptors (Lipinski definition) is 2. The first kappa shape index (κ1) is 11.6. The highest BCUT2D eigenvalue weighted by Crippen LogP contribution is 2.36. The average molecular weight is 221 g/mol. The van der Waals surface area contributed by atoms with Crippen LogP contribution in [0.15, 0.2) is 12.3 Å². The minimum Gasteiger partial charge on any atom is -0.324 e. The first-order valence-corrected chi connectivity index (χ1v) is 6.27. The van der Waals surface area contributed by atoms with Crippen LogP contribution in [0.3, 0.4) is 0 Å². The molecule has 3 nitrogen and oxygen atoms in total. The van der Waals surface area contributed by atoms with Gasteiger partial charge in [0.25, 0.3) is 0 Å². The predicted octanol–water partition coefficient (Wildman–Crippen LogP) is 2.12. The van der Waals surface area contributed by atoms with Gasteiger partial charge in [-0.3, -0.25) is 4.68 Å². The quantitative estimate of drug-likeness (QED) is 0.831. The molecule has 1 aliphatic rings. The third-order valence-corrected chi connectivity index (χ3v) is 4.08. The molecule has 1 saturated carbocycles. The summed E-state index contributed by atoms with van der Waals surface area (Å²) in [4.78, 5) is 0. The zero-order chi connectivity index (χ0) is 11.8. The molecule has 1 aromatic rings. The van der Waals surface area contributed by atoms with E-state index in [0.717, 1.165) is 24.5 Å². The average Bonchev–Trinajstić information content (AvgIpc) is 2.58. The van der Waals surface area contributed by atoms with Gasteiger partial charge in [-0.1, -0.05) is 20.3 Å². The molecule has 90 valence electrons. The monoisotopic (exact) mass is 221 g/mol. The van der Waals surface area contributed by atoms with Crippen LogP contribution in [0.2, 0.25) is 0 Å². The summed E-state index contributed by atoms with van der Waals surface area (Å²) < 4.78 is 1.86. The second kappa shape index (κ2) is 4.21. The summed E-state index contributed by atoms with van der Waals surface area (Å²) in [6.07, 6.45) is 6.62. The zero-order valence-corrected chi connectivity index (χ0v) is 10.6. The van der Waals surface area contributed by atoms with E-state index in [4.69, 9.17) is 5.73 Å². The summed E-state index contributed by atoms with van der Waals surface area (Å²) in [7, 11) is 1.96. The largest absolute Gasteiger partial charge is 0.324 e. The van der Waals surface area contributed by atoms with Crippen LogP contribution in [0.25, 0.3) is 0 Å². The molecule has 0 spiro atoms. The zero-order valence-electron chi connectivity index (χ0n) is 10.6. The highest BCUT2D eigenvalue weighted by atomic mass is 15.2. The van der Waals surface area contributed by atoms with Crippen molar-refractivity contribution >= 4 is 0 Å². The fourth-order valence-electron chi connectivity index (χ4n) is 2.92. The molecule has 2 rings (SSSR count). The van der Waals surface area contributed by atoms with Crippen molar-refractivity contribution in [2.45, 2.75) is 45.1 Å². The molecule has 0 radical (unpaired) electrons. The van der Waals surface area contributed by atoms with Crippen LogP contribution < -0.4 is 5.73 Å².